The average molecular weight is 304 g/mol. The van der Waals surface area contributed by atoms with Crippen molar-refractivity contribution in [1.82, 2.24) is 0 Å². The number of anilines is 1. The van der Waals surface area contributed by atoms with Crippen molar-refractivity contribution in [3.05, 3.63) is 64.2 Å². The third kappa shape index (κ3) is 4.88. The molecule has 0 saturated carbocycles. The number of rotatable bonds is 5. The predicted octanol–water partition coefficient (Wildman–Crippen LogP) is 4.11. The largest absolute Gasteiger partial charge is 0.367 e. The Hall–Kier alpha value is -1.84. The Morgan fingerprint density at radius 1 is 1.14 bits per heavy atom. The molecule has 0 aromatic heterocycles. The molecule has 1 amide bonds. The van der Waals surface area contributed by atoms with Crippen LogP contribution in [0.25, 0.3) is 0 Å². The summed E-state index contributed by atoms with van der Waals surface area (Å²) in [7, 11) is 0. The molecule has 1 N–H and O–H groups in total. The lowest BCUT2D eigenvalue weighted by atomic mass is 10.1. The SMILES string of the molecule is Cc1ccc(COCC(=O)Nc2ccc(Cl)cc2)c(C)c1. The van der Waals surface area contributed by atoms with Gasteiger partial charge in [-0.05, 0) is 49.2 Å². The molecule has 0 aliphatic heterocycles. The van der Waals surface area contributed by atoms with Crippen LogP contribution in [-0.2, 0) is 16.1 Å². The summed E-state index contributed by atoms with van der Waals surface area (Å²) in [6, 6.07) is 13.1. The first-order chi connectivity index (χ1) is 10.0. The first kappa shape index (κ1) is 15.5. The van der Waals surface area contributed by atoms with Crippen molar-refractivity contribution in [2.75, 3.05) is 11.9 Å². The van der Waals surface area contributed by atoms with Crippen LogP contribution in [0.1, 0.15) is 16.7 Å². The lowest BCUT2D eigenvalue weighted by Gasteiger charge is -2.09. The van der Waals surface area contributed by atoms with Gasteiger partial charge in [-0.2, -0.15) is 0 Å². The van der Waals surface area contributed by atoms with Crippen LogP contribution in [-0.4, -0.2) is 12.5 Å². The van der Waals surface area contributed by atoms with Gasteiger partial charge in [0, 0.05) is 10.7 Å². The Morgan fingerprint density at radius 2 is 1.86 bits per heavy atom. The Balaban J connectivity index is 1.80. The van der Waals surface area contributed by atoms with Gasteiger partial charge in [0.2, 0.25) is 5.91 Å². The van der Waals surface area contributed by atoms with Crippen LogP contribution in [0.3, 0.4) is 0 Å². The number of benzene rings is 2. The molecule has 0 heterocycles. The third-order valence-electron chi connectivity index (χ3n) is 3.12. The van der Waals surface area contributed by atoms with Crippen LogP contribution >= 0.6 is 11.6 Å². The van der Waals surface area contributed by atoms with Crippen LogP contribution in [0.4, 0.5) is 5.69 Å². The monoisotopic (exact) mass is 303 g/mol. The second-order valence-electron chi connectivity index (χ2n) is 4.98. The standard InChI is InChI=1S/C17H18ClNO2/c1-12-3-4-14(13(2)9-12)10-21-11-17(20)19-16-7-5-15(18)6-8-16/h3-9H,10-11H2,1-2H3,(H,19,20). The second-order valence-corrected chi connectivity index (χ2v) is 5.41. The van der Waals surface area contributed by atoms with Gasteiger partial charge in [0.25, 0.3) is 0 Å². The molecule has 2 rings (SSSR count). The van der Waals surface area contributed by atoms with Gasteiger partial charge in [-0.25, -0.2) is 0 Å². The number of aryl methyl sites for hydroxylation is 2. The topological polar surface area (TPSA) is 38.3 Å². The number of ether oxygens (including phenoxy) is 1. The fourth-order valence-electron chi connectivity index (χ4n) is 1.99. The maximum absolute atomic E-state index is 11.8. The van der Waals surface area contributed by atoms with Crippen molar-refractivity contribution in [2.24, 2.45) is 0 Å². The maximum Gasteiger partial charge on any atom is 0.250 e. The molecule has 0 atom stereocenters. The molecule has 0 spiro atoms. The molecular weight excluding hydrogens is 286 g/mol. The van der Waals surface area contributed by atoms with Gasteiger partial charge in [-0.15, -0.1) is 0 Å². The van der Waals surface area contributed by atoms with E-state index in [1.54, 1.807) is 24.3 Å². The van der Waals surface area contributed by atoms with E-state index in [0.29, 0.717) is 17.3 Å². The van der Waals surface area contributed by atoms with Gasteiger partial charge in [0.05, 0.1) is 6.61 Å². The Kier molecular flexibility index (Phi) is 5.37. The van der Waals surface area contributed by atoms with E-state index in [1.165, 1.54) is 11.1 Å². The van der Waals surface area contributed by atoms with E-state index >= 15 is 0 Å². The second kappa shape index (κ2) is 7.25. The first-order valence-corrected chi connectivity index (χ1v) is 7.11. The summed E-state index contributed by atoms with van der Waals surface area (Å²) in [5.41, 5.74) is 4.20. The normalized spacial score (nSPS) is 10.4. The lowest BCUT2D eigenvalue weighted by molar-refractivity contribution is -0.121. The van der Waals surface area contributed by atoms with Crippen LogP contribution < -0.4 is 5.32 Å². The van der Waals surface area contributed by atoms with Crippen molar-refractivity contribution in [1.29, 1.82) is 0 Å². The minimum absolute atomic E-state index is 0.0238. The minimum Gasteiger partial charge on any atom is -0.367 e. The first-order valence-electron chi connectivity index (χ1n) is 6.74. The molecule has 2 aromatic carbocycles. The number of amides is 1. The van der Waals surface area contributed by atoms with Gasteiger partial charge in [0.1, 0.15) is 6.61 Å². The zero-order valence-corrected chi connectivity index (χ0v) is 12.9. The summed E-state index contributed by atoms with van der Waals surface area (Å²) >= 11 is 5.79. The van der Waals surface area contributed by atoms with Crippen molar-refractivity contribution < 1.29 is 9.53 Å². The van der Waals surface area contributed by atoms with E-state index in [0.717, 1.165) is 5.56 Å². The van der Waals surface area contributed by atoms with E-state index in [-0.39, 0.29) is 12.5 Å². The number of hydrogen-bond acceptors (Lipinski definition) is 2. The molecule has 0 aliphatic carbocycles. The summed E-state index contributed by atoms with van der Waals surface area (Å²) < 4.78 is 5.46. The molecule has 4 heteroatoms. The minimum atomic E-state index is -0.179. The lowest BCUT2D eigenvalue weighted by Crippen LogP contribution is -2.18. The van der Waals surface area contributed by atoms with Crippen LogP contribution in [0, 0.1) is 13.8 Å². The predicted molar refractivity (Wildman–Crippen MR) is 85.7 cm³/mol. The highest BCUT2D eigenvalue weighted by Crippen LogP contribution is 2.14. The van der Waals surface area contributed by atoms with E-state index < -0.39 is 0 Å². The molecule has 2 aromatic rings. The van der Waals surface area contributed by atoms with Crippen molar-refractivity contribution in [3.63, 3.8) is 0 Å². The van der Waals surface area contributed by atoms with Crippen molar-refractivity contribution in [2.45, 2.75) is 20.5 Å². The third-order valence-corrected chi connectivity index (χ3v) is 3.37. The van der Waals surface area contributed by atoms with Crippen LogP contribution in [0.2, 0.25) is 5.02 Å². The quantitative estimate of drug-likeness (QED) is 0.902. The molecule has 0 unspecified atom stereocenters. The smallest absolute Gasteiger partial charge is 0.250 e. The summed E-state index contributed by atoms with van der Waals surface area (Å²) in [4.78, 5) is 11.8. The maximum atomic E-state index is 11.8. The highest BCUT2D eigenvalue weighted by atomic mass is 35.5. The summed E-state index contributed by atoms with van der Waals surface area (Å²) in [5.74, 6) is -0.179. The Bertz CT molecular complexity index is 623. The molecule has 0 saturated heterocycles. The highest BCUT2D eigenvalue weighted by Gasteiger charge is 2.04. The summed E-state index contributed by atoms with van der Waals surface area (Å²) in [6.45, 7) is 4.55. The van der Waals surface area contributed by atoms with Gasteiger partial charge < -0.3 is 10.1 Å². The molecule has 110 valence electrons. The molecule has 0 aliphatic rings. The Morgan fingerprint density at radius 3 is 2.52 bits per heavy atom. The van der Waals surface area contributed by atoms with E-state index in [2.05, 4.69) is 18.3 Å². The fourth-order valence-corrected chi connectivity index (χ4v) is 2.12. The van der Waals surface area contributed by atoms with E-state index in [1.807, 2.05) is 19.1 Å². The van der Waals surface area contributed by atoms with Crippen molar-refractivity contribution >= 4 is 23.2 Å². The van der Waals surface area contributed by atoms with E-state index in [4.69, 9.17) is 16.3 Å². The molecule has 21 heavy (non-hydrogen) atoms. The number of hydrogen-bond donors (Lipinski definition) is 1. The Labute approximate surface area is 129 Å². The molecule has 0 fully saturated rings. The molecule has 3 nitrogen and oxygen atoms in total. The van der Waals surface area contributed by atoms with Gasteiger partial charge in [-0.3, -0.25) is 4.79 Å². The van der Waals surface area contributed by atoms with Gasteiger partial charge in [0.15, 0.2) is 0 Å². The van der Waals surface area contributed by atoms with Crippen LogP contribution in [0.5, 0.6) is 0 Å². The van der Waals surface area contributed by atoms with E-state index in [9.17, 15) is 4.79 Å². The fraction of sp³-hybridized carbons (Fsp3) is 0.235. The average Bonchev–Trinajstić information content (AvgIpc) is 2.44. The zero-order chi connectivity index (χ0) is 15.2. The number of nitrogens with one attached hydrogen (secondary N) is 1. The number of carbonyl (C=O) groups is 1. The van der Waals surface area contributed by atoms with Crippen molar-refractivity contribution in [3.8, 4) is 0 Å². The summed E-state index contributed by atoms with van der Waals surface area (Å²) in [5, 5.41) is 3.39. The highest BCUT2D eigenvalue weighted by molar-refractivity contribution is 6.30. The summed E-state index contributed by atoms with van der Waals surface area (Å²) in [6.07, 6.45) is 0. The molecule has 0 radical (unpaired) electrons. The van der Waals surface area contributed by atoms with Gasteiger partial charge in [-0.1, -0.05) is 35.4 Å². The molecule has 0 bridgehead atoms. The number of halogens is 1. The van der Waals surface area contributed by atoms with Gasteiger partial charge >= 0.3 is 0 Å². The zero-order valence-electron chi connectivity index (χ0n) is 12.2. The number of carbonyl (C=O) groups excluding carboxylic acids is 1. The van der Waals surface area contributed by atoms with Crippen LogP contribution in [0.15, 0.2) is 42.5 Å². The molecular formula is C17H18ClNO2.